The summed E-state index contributed by atoms with van der Waals surface area (Å²) in [4.78, 5) is 14.7. The Hall–Kier alpha value is -1.54. The second-order valence-corrected chi connectivity index (χ2v) is 9.52. The van der Waals surface area contributed by atoms with Gasteiger partial charge < -0.3 is 4.90 Å². The molecule has 1 saturated heterocycles. The summed E-state index contributed by atoms with van der Waals surface area (Å²) >= 11 is 7.54. The van der Waals surface area contributed by atoms with Crippen LogP contribution in [0.5, 0.6) is 0 Å². The van der Waals surface area contributed by atoms with Crippen LogP contribution in [0.15, 0.2) is 53.4 Å². The summed E-state index contributed by atoms with van der Waals surface area (Å²) in [7, 11) is -3.57. The first kappa shape index (κ1) is 20.2. The molecule has 0 spiro atoms. The molecule has 1 heterocycles. The molecule has 5 nitrogen and oxygen atoms in total. The molecule has 1 amide bonds. The van der Waals surface area contributed by atoms with E-state index in [-0.39, 0.29) is 23.9 Å². The number of amides is 1. The molecule has 0 saturated carbocycles. The van der Waals surface area contributed by atoms with Crippen LogP contribution in [-0.4, -0.2) is 56.0 Å². The summed E-state index contributed by atoms with van der Waals surface area (Å²) < 4.78 is 26.9. The van der Waals surface area contributed by atoms with Gasteiger partial charge in [0.05, 0.1) is 4.90 Å². The molecular formula is C19H21ClN2O3S2. The molecule has 8 heteroatoms. The van der Waals surface area contributed by atoms with E-state index in [0.717, 1.165) is 11.3 Å². The van der Waals surface area contributed by atoms with Crippen LogP contribution in [0.25, 0.3) is 0 Å². The topological polar surface area (TPSA) is 57.7 Å². The number of thioether (sulfide) groups is 1. The van der Waals surface area contributed by atoms with Gasteiger partial charge in [0.25, 0.3) is 5.91 Å². The Morgan fingerprint density at radius 3 is 2.37 bits per heavy atom. The lowest BCUT2D eigenvalue weighted by Gasteiger charge is -2.34. The molecule has 0 radical (unpaired) electrons. The monoisotopic (exact) mass is 424 g/mol. The van der Waals surface area contributed by atoms with Gasteiger partial charge in [-0.2, -0.15) is 16.1 Å². The van der Waals surface area contributed by atoms with Crippen molar-refractivity contribution in [2.45, 2.75) is 10.6 Å². The molecule has 1 fully saturated rings. The van der Waals surface area contributed by atoms with Gasteiger partial charge in [0.15, 0.2) is 0 Å². The molecule has 27 heavy (non-hydrogen) atoms. The van der Waals surface area contributed by atoms with E-state index >= 15 is 0 Å². The molecule has 1 aliphatic heterocycles. The van der Waals surface area contributed by atoms with Gasteiger partial charge in [-0.3, -0.25) is 4.79 Å². The summed E-state index contributed by atoms with van der Waals surface area (Å²) in [6.45, 7) is 1.30. The van der Waals surface area contributed by atoms with Gasteiger partial charge in [-0.05, 0) is 48.2 Å². The number of benzene rings is 2. The number of carbonyl (C=O) groups is 1. The first-order valence-electron chi connectivity index (χ1n) is 8.54. The van der Waals surface area contributed by atoms with Crippen molar-refractivity contribution in [2.24, 2.45) is 0 Å². The third kappa shape index (κ3) is 4.66. The zero-order valence-corrected chi connectivity index (χ0v) is 17.4. The molecule has 0 atom stereocenters. The number of hydrogen-bond donors (Lipinski definition) is 0. The quantitative estimate of drug-likeness (QED) is 0.738. The van der Waals surface area contributed by atoms with Gasteiger partial charge in [0, 0.05) is 42.5 Å². The SMILES string of the molecule is CSCc1cccc(C(=O)N2CCN(S(=O)(=O)c3ccc(Cl)cc3)CC2)c1. The highest BCUT2D eigenvalue weighted by Gasteiger charge is 2.30. The maximum atomic E-state index is 12.8. The fourth-order valence-corrected chi connectivity index (χ4v) is 5.09. The number of sulfonamides is 1. The van der Waals surface area contributed by atoms with E-state index in [0.29, 0.717) is 23.7 Å². The number of rotatable bonds is 5. The highest BCUT2D eigenvalue weighted by atomic mass is 35.5. The Balaban J connectivity index is 1.67. The molecule has 0 aromatic heterocycles. The van der Waals surface area contributed by atoms with Crippen molar-refractivity contribution in [3.05, 3.63) is 64.7 Å². The van der Waals surface area contributed by atoms with E-state index in [9.17, 15) is 13.2 Å². The van der Waals surface area contributed by atoms with Crippen LogP contribution < -0.4 is 0 Å². The highest BCUT2D eigenvalue weighted by molar-refractivity contribution is 7.97. The Bertz CT molecular complexity index is 909. The Labute approximate surface area is 169 Å². The number of carbonyl (C=O) groups excluding carboxylic acids is 1. The van der Waals surface area contributed by atoms with Crippen molar-refractivity contribution >= 4 is 39.3 Å². The van der Waals surface area contributed by atoms with Crippen LogP contribution in [0.1, 0.15) is 15.9 Å². The lowest BCUT2D eigenvalue weighted by molar-refractivity contribution is 0.0698. The van der Waals surface area contributed by atoms with Gasteiger partial charge >= 0.3 is 0 Å². The predicted molar refractivity (Wildman–Crippen MR) is 110 cm³/mol. The molecule has 0 bridgehead atoms. The molecule has 2 aromatic rings. The van der Waals surface area contributed by atoms with Gasteiger partial charge in [-0.1, -0.05) is 23.7 Å². The molecule has 2 aromatic carbocycles. The second kappa shape index (κ2) is 8.65. The minimum absolute atomic E-state index is 0.0542. The molecule has 0 N–H and O–H groups in total. The Kier molecular flexibility index (Phi) is 6.47. The maximum Gasteiger partial charge on any atom is 0.253 e. The zero-order valence-electron chi connectivity index (χ0n) is 15.0. The summed E-state index contributed by atoms with van der Waals surface area (Å²) in [6, 6.07) is 13.8. The predicted octanol–water partition coefficient (Wildman–Crippen LogP) is 3.35. The van der Waals surface area contributed by atoms with Crippen molar-refractivity contribution in [3.63, 3.8) is 0 Å². The maximum absolute atomic E-state index is 12.8. The van der Waals surface area contributed by atoms with Crippen LogP contribution in [-0.2, 0) is 15.8 Å². The summed E-state index contributed by atoms with van der Waals surface area (Å²) in [6.07, 6.45) is 2.02. The highest BCUT2D eigenvalue weighted by Crippen LogP contribution is 2.21. The van der Waals surface area contributed by atoms with E-state index in [2.05, 4.69) is 0 Å². The minimum atomic E-state index is -3.57. The van der Waals surface area contributed by atoms with Gasteiger partial charge in [-0.25, -0.2) is 8.42 Å². The summed E-state index contributed by atoms with van der Waals surface area (Å²) in [5, 5.41) is 0.494. The van der Waals surface area contributed by atoms with E-state index in [4.69, 9.17) is 11.6 Å². The lowest BCUT2D eigenvalue weighted by atomic mass is 10.1. The molecule has 1 aliphatic rings. The standard InChI is InChI=1S/C19H21ClN2O3S2/c1-26-14-15-3-2-4-16(13-15)19(23)21-9-11-22(12-10-21)27(24,25)18-7-5-17(20)6-8-18/h2-8,13H,9-12,14H2,1H3. The van der Waals surface area contributed by atoms with E-state index in [1.807, 2.05) is 30.5 Å². The van der Waals surface area contributed by atoms with Crippen molar-refractivity contribution in [1.82, 2.24) is 9.21 Å². The second-order valence-electron chi connectivity index (χ2n) is 6.28. The van der Waals surface area contributed by atoms with Gasteiger partial charge in [0.1, 0.15) is 0 Å². The first-order valence-corrected chi connectivity index (χ1v) is 11.8. The Morgan fingerprint density at radius 2 is 1.74 bits per heavy atom. The van der Waals surface area contributed by atoms with E-state index < -0.39 is 10.0 Å². The Morgan fingerprint density at radius 1 is 1.07 bits per heavy atom. The number of nitrogens with zero attached hydrogens (tertiary/aromatic N) is 2. The number of hydrogen-bond acceptors (Lipinski definition) is 4. The third-order valence-electron chi connectivity index (χ3n) is 4.46. The average molecular weight is 425 g/mol. The fourth-order valence-electron chi connectivity index (χ4n) is 3.03. The summed E-state index contributed by atoms with van der Waals surface area (Å²) in [5.74, 6) is 0.801. The van der Waals surface area contributed by atoms with Crippen molar-refractivity contribution < 1.29 is 13.2 Å². The van der Waals surface area contributed by atoms with Crippen molar-refractivity contribution in [1.29, 1.82) is 0 Å². The van der Waals surface area contributed by atoms with Crippen LogP contribution in [0.2, 0.25) is 5.02 Å². The summed E-state index contributed by atoms with van der Waals surface area (Å²) in [5.41, 5.74) is 1.76. The van der Waals surface area contributed by atoms with Gasteiger partial charge in [0.2, 0.25) is 10.0 Å². The lowest BCUT2D eigenvalue weighted by Crippen LogP contribution is -2.50. The molecule has 0 aliphatic carbocycles. The zero-order chi connectivity index (χ0) is 19.4. The van der Waals surface area contributed by atoms with Crippen molar-refractivity contribution in [3.8, 4) is 0 Å². The van der Waals surface area contributed by atoms with Crippen LogP contribution in [0.4, 0.5) is 0 Å². The van der Waals surface area contributed by atoms with Crippen LogP contribution in [0.3, 0.4) is 0 Å². The molecule has 144 valence electrons. The van der Waals surface area contributed by atoms with Crippen LogP contribution >= 0.6 is 23.4 Å². The molecule has 0 unspecified atom stereocenters. The largest absolute Gasteiger partial charge is 0.336 e. The first-order chi connectivity index (χ1) is 12.9. The number of halogens is 1. The van der Waals surface area contributed by atoms with Gasteiger partial charge in [-0.15, -0.1) is 0 Å². The van der Waals surface area contributed by atoms with Crippen molar-refractivity contribution in [2.75, 3.05) is 32.4 Å². The normalized spacial score (nSPS) is 15.7. The van der Waals surface area contributed by atoms with E-state index in [1.54, 1.807) is 28.8 Å². The number of piperazine rings is 1. The van der Waals surface area contributed by atoms with Crippen LogP contribution in [0, 0.1) is 0 Å². The average Bonchev–Trinajstić information content (AvgIpc) is 2.68. The van der Waals surface area contributed by atoms with E-state index in [1.165, 1.54) is 16.4 Å². The molecular weight excluding hydrogens is 404 g/mol. The fraction of sp³-hybridized carbons (Fsp3) is 0.316. The smallest absolute Gasteiger partial charge is 0.253 e. The third-order valence-corrected chi connectivity index (χ3v) is 7.25. The molecule has 3 rings (SSSR count). The minimum Gasteiger partial charge on any atom is -0.336 e.